The summed E-state index contributed by atoms with van der Waals surface area (Å²) in [6, 6.07) is 7.38. The number of rotatable bonds is 8. The van der Waals surface area contributed by atoms with Crippen LogP contribution in [-0.2, 0) is 4.79 Å². The van der Waals surface area contributed by atoms with Crippen LogP contribution in [0.1, 0.15) is 54.7 Å². The quantitative estimate of drug-likeness (QED) is 0.409. The Bertz CT molecular complexity index is 879. The summed E-state index contributed by atoms with van der Waals surface area (Å²) in [5.41, 5.74) is 6.96. The van der Waals surface area contributed by atoms with Crippen LogP contribution in [-0.4, -0.2) is 55.7 Å². The molecule has 0 radical (unpaired) electrons. The Morgan fingerprint density at radius 3 is 2.26 bits per heavy atom. The molecule has 1 aliphatic carbocycles. The van der Waals surface area contributed by atoms with E-state index >= 15 is 0 Å². The SMILES string of the molecule is C=C(/C=C\C(=C/C)CC1(C(N)=O)CCC2(CCCN(C)C2)CC1)Oc1ccc(OC)cc1.CO.O.[HH].[HH]. The molecule has 0 unspecified atom stereocenters. The molecule has 5 N–H and O–H groups in total. The predicted molar refractivity (Wildman–Crippen MR) is 146 cm³/mol. The lowest BCUT2D eigenvalue weighted by molar-refractivity contribution is -0.131. The lowest BCUT2D eigenvalue weighted by atomic mass is 9.59. The Morgan fingerprint density at radius 1 is 1.14 bits per heavy atom. The first-order valence-electron chi connectivity index (χ1n) is 12.1. The van der Waals surface area contributed by atoms with Gasteiger partial charge in [0.05, 0.1) is 12.5 Å². The third-order valence-electron chi connectivity index (χ3n) is 7.35. The molecule has 1 heterocycles. The summed E-state index contributed by atoms with van der Waals surface area (Å²) in [5.74, 6) is 1.85. The number of primary amides is 1. The van der Waals surface area contributed by atoms with Gasteiger partial charge in [-0.3, -0.25) is 4.79 Å². The van der Waals surface area contributed by atoms with Gasteiger partial charge in [0, 0.05) is 16.5 Å². The summed E-state index contributed by atoms with van der Waals surface area (Å²) in [5, 5.41) is 7.00. The van der Waals surface area contributed by atoms with E-state index in [-0.39, 0.29) is 14.2 Å². The average molecular weight is 493 g/mol. The van der Waals surface area contributed by atoms with Crippen LogP contribution >= 0.6 is 0 Å². The summed E-state index contributed by atoms with van der Waals surface area (Å²) < 4.78 is 11.0. The molecule has 1 spiro atoms. The van der Waals surface area contributed by atoms with E-state index in [1.807, 2.05) is 43.3 Å². The van der Waals surface area contributed by atoms with Gasteiger partial charge in [-0.05, 0) is 101 Å². The van der Waals surface area contributed by atoms with E-state index in [1.165, 1.54) is 19.4 Å². The number of benzene rings is 1. The molecule has 35 heavy (non-hydrogen) atoms. The molecule has 0 atom stereocenters. The largest absolute Gasteiger partial charge is 0.497 e. The lowest BCUT2D eigenvalue weighted by Crippen LogP contribution is -2.48. The Labute approximate surface area is 213 Å². The van der Waals surface area contributed by atoms with Gasteiger partial charge < -0.3 is 30.7 Å². The number of piperidine rings is 1. The van der Waals surface area contributed by atoms with Gasteiger partial charge in [0.1, 0.15) is 17.3 Å². The Morgan fingerprint density at radius 2 is 1.74 bits per heavy atom. The number of hydrogen-bond acceptors (Lipinski definition) is 5. The minimum Gasteiger partial charge on any atom is -0.497 e. The first-order valence-corrected chi connectivity index (χ1v) is 12.1. The van der Waals surface area contributed by atoms with Crippen molar-refractivity contribution in [1.82, 2.24) is 4.90 Å². The second kappa shape index (κ2) is 14.1. The highest BCUT2D eigenvalue weighted by atomic mass is 16.5. The minimum absolute atomic E-state index is 0. The molecular formula is C28H48N2O5. The second-order valence-corrected chi connectivity index (χ2v) is 9.60. The number of allylic oxidation sites excluding steroid dienone is 4. The van der Waals surface area contributed by atoms with Crippen LogP contribution in [0.15, 0.2) is 60.4 Å². The van der Waals surface area contributed by atoms with Crippen molar-refractivity contribution in [3.63, 3.8) is 0 Å². The fourth-order valence-corrected chi connectivity index (χ4v) is 5.31. The number of likely N-dealkylation sites (tertiary alicyclic amines) is 1. The first-order chi connectivity index (χ1) is 16.3. The zero-order chi connectivity index (χ0) is 25.2. The van der Waals surface area contributed by atoms with E-state index < -0.39 is 5.41 Å². The molecule has 1 aromatic rings. The molecule has 1 aromatic carbocycles. The summed E-state index contributed by atoms with van der Waals surface area (Å²) in [6.45, 7) is 8.32. The summed E-state index contributed by atoms with van der Waals surface area (Å²) in [4.78, 5) is 15.0. The molecule has 7 nitrogen and oxygen atoms in total. The van der Waals surface area contributed by atoms with E-state index in [2.05, 4.69) is 24.6 Å². The molecule has 0 bridgehead atoms. The fourth-order valence-electron chi connectivity index (χ4n) is 5.31. The number of aliphatic hydroxyl groups excluding tert-OH is 1. The van der Waals surface area contributed by atoms with Crippen molar-refractivity contribution in [2.45, 2.75) is 51.9 Å². The van der Waals surface area contributed by atoms with E-state index in [0.717, 1.165) is 50.7 Å². The van der Waals surface area contributed by atoms with Crippen LogP contribution in [0.5, 0.6) is 11.5 Å². The van der Waals surface area contributed by atoms with Crippen molar-refractivity contribution in [3.8, 4) is 11.5 Å². The highest BCUT2D eigenvalue weighted by Crippen LogP contribution is 2.51. The second-order valence-electron chi connectivity index (χ2n) is 9.60. The smallest absolute Gasteiger partial charge is 0.223 e. The third kappa shape index (κ3) is 8.23. The number of hydrogen-bond donors (Lipinski definition) is 2. The number of amides is 1. The van der Waals surface area contributed by atoms with Gasteiger partial charge in [0.15, 0.2) is 0 Å². The van der Waals surface area contributed by atoms with E-state index in [0.29, 0.717) is 23.3 Å². The first kappa shape index (κ1) is 30.4. The van der Waals surface area contributed by atoms with Gasteiger partial charge in [0.25, 0.3) is 0 Å². The van der Waals surface area contributed by atoms with Gasteiger partial charge in [-0.1, -0.05) is 24.3 Å². The van der Waals surface area contributed by atoms with Crippen molar-refractivity contribution in [2.75, 3.05) is 34.4 Å². The Hall–Kier alpha value is -2.61. The Balaban J connectivity index is 0. The summed E-state index contributed by atoms with van der Waals surface area (Å²) in [7, 11) is 4.84. The van der Waals surface area contributed by atoms with Crippen LogP contribution in [0.3, 0.4) is 0 Å². The molecule has 3 rings (SSSR count). The average Bonchev–Trinajstić information content (AvgIpc) is 2.85. The molecule has 1 amide bonds. The highest BCUT2D eigenvalue weighted by Gasteiger charge is 2.47. The molecular weight excluding hydrogens is 444 g/mol. The van der Waals surface area contributed by atoms with Crippen LogP contribution in [0.25, 0.3) is 0 Å². The van der Waals surface area contributed by atoms with Crippen LogP contribution < -0.4 is 15.2 Å². The number of aliphatic hydroxyl groups is 1. The number of methoxy groups -OCH3 is 1. The van der Waals surface area contributed by atoms with Crippen molar-refractivity contribution >= 4 is 5.91 Å². The van der Waals surface area contributed by atoms with Gasteiger partial charge in [-0.15, -0.1) is 0 Å². The summed E-state index contributed by atoms with van der Waals surface area (Å²) >= 11 is 0. The standard InChI is InChI=1S/C27H38N2O3.CH4O.H2O.2H2/c1-5-22(8-7-21(2)32-24-11-9-23(31-4)10-12-24)19-27(25(28)30)16-14-26(15-17-27)13-6-18-29(3)20-26;1-2;;;/h5,7-12H,2,6,13-20H2,1,3-4H3,(H2,28,30);2H,1H3;1H2;2*1H/b8-7-,22-5+;;;;. The molecule has 1 saturated heterocycles. The predicted octanol–water partition coefficient (Wildman–Crippen LogP) is 4.51. The monoisotopic (exact) mass is 492 g/mol. The number of nitrogens with two attached hydrogens (primary N) is 1. The fraction of sp³-hybridized carbons (Fsp3) is 0.536. The molecule has 200 valence electrons. The van der Waals surface area contributed by atoms with Gasteiger partial charge in [-0.2, -0.15) is 0 Å². The van der Waals surface area contributed by atoms with Crippen LogP contribution in [0.2, 0.25) is 0 Å². The van der Waals surface area contributed by atoms with Crippen molar-refractivity contribution in [2.24, 2.45) is 16.6 Å². The molecule has 7 heteroatoms. The van der Waals surface area contributed by atoms with Crippen molar-refractivity contribution in [1.29, 1.82) is 0 Å². The highest BCUT2D eigenvalue weighted by molar-refractivity contribution is 5.81. The number of nitrogens with zero attached hydrogens (tertiary/aromatic N) is 1. The molecule has 2 aliphatic rings. The normalized spacial score (nSPS) is 24.8. The maximum atomic E-state index is 12.6. The van der Waals surface area contributed by atoms with Gasteiger partial charge in [-0.25, -0.2) is 0 Å². The minimum atomic E-state index is -0.467. The van der Waals surface area contributed by atoms with Crippen molar-refractivity contribution in [3.05, 3.63) is 60.4 Å². The van der Waals surface area contributed by atoms with Crippen molar-refractivity contribution < 1.29 is 27.7 Å². The number of ether oxygens (including phenoxy) is 2. The van der Waals surface area contributed by atoms with Crippen LogP contribution in [0, 0.1) is 10.8 Å². The lowest BCUT2D eigenvalue weighted by Gasteiger charge is -2.49. The third-order valence-corrected chi connectivity index (χ3v) is 7.35. The topological polar surface area (TPSA) is 117 Å². The molecule has 1 aliphatic heterocycles. The number of carbonyl (C=O) groups excluding carboxylic acids is 1. The molecule has 2 fully saturated rings. The maximum Gasteiger partial charge on any atom is 0.223 e. The van der Waals surface area contributed by atoms with E-state index in [1.54, 1.807) is 7.11 Å². The zero-order valence-corrected chi connectivity index (χ0v) is 21.8. The molecule has 0 aromatic heterocycles. The molecule has 1 saturated carbocycles. The van der Waals surface area contributed by atoms with Crippen LogP contribution in [0.4, 0.5) is 0 Å². The van der Waals surface area contributed by atoms with E-state index in [9.17, 15) is 4.79 Å². The Kier molecular flexibility index (Phi) is 12.2. The maximum absolute atomic E-state index is 12.6. The van der Waals surface area contributed by atoms with E-state index in [4.69, 9.17) is 20.3 Å². The summed E-state index contributed by atoms with van der Waals surface area (Å²) in [6.07, 6.45) is 13.0. The van der Waals surface area contributed by atoms with Gasteiger partial charge in [0.2, 0.25) is 5.91 Å². The van der Waals surface area contributed by atoms with Gasteiger partial charge >= 0.3 is 0 Å². The zero-order valence-electron chi connectivity index (χ0n) is 21.8. The number of carbonyl (C=O) groups is 1.